The SMILES string of the molecule is CCCCOc1ccc(CC(=O)O)cc1-c1cc(-c2ccccc2OC)n(CCCC)n1. The van der Waals surface area contributed by atoms with Crippen molar-refractivity contribution in [1.82, 2.24) is 9.78 Å². The van der Waals surface area contributed by atoms with Gasteiger partial charge in [0.1, 0.15) is 11.5 Å². The van der Waals surface area contributed by atoms with Gasteiger partial charge in [0.15, 0.2) is 0 Å². The Morgan fingerprint density at radius 3 is 2.50 bits per heavy atom. The van der Waals surface area contributed by atoms with Gasteiger partial charge in [-0.25, -0.2) is 0 Å². The number of unbranched alkanes of at least 4 members (excludes halogenated alkanes) is 2. The van der Waals surface area contributed by atoms with E-state index in [2.05, 4.69) is 13.8 Å². The molecule has 32 heavy (non-hydrogen) atoms. The van der Waals surface area contributed by atoms with Crippen LogP contribution in [0.15, 0.2) is 48.5 Å². The van der Waals surface area contributed by atoms with Crippen molar-refractivity contribution in [3.05, 3.63) is 54.1 Å². The average Bonchev–Trinajstić information content (AvgIpc) is 3.22. The Balaban J connectivity index is 2.10. The lowest BCUT2D eigenvalue weighted by atomic mass is 10.0. The number of aryl methyl sites for hydroxylation is 1. The van der Waals surface area contributed by atoms with Crippen LogP contribution in [0.5, 0.6) is 11.5 Å². The van der Waals surface area contributed by atoms with Crippen molar-refractivity contribution < 1.29 is 19.4 Å². The van der Waals surface area contributed by atoms with Crippen LogP contribution in [0.25, 0.3) is 22.5 Å². The Hall–Kier alpha value is -3.28. The number of carboxylic acids is 1. The van der Waals surface area contributed by atoms with E-state index in [4.69, 9.17) is 14.6 Å². The zero-order valence-electron chi connectivity index (χ0n) is 19.1. The van der Waals surface area contributed by atoms with E-state index < -0.39 is 5.97 Å². The number of aromatic nitrogens is 2. The highest BCUT2D eigenvalue weighted by Gasteiger charge is 2.18. The third kappa shape index (κ3) is 5.69. The van der Waals surface area contributed by atoms with E-state index in [1.165, 1.54) is 0 Å². The number of para-hydroxylation sites is 1. The second-order valence-electron chi connectivity index (χ2n) is 7.79. The highest BCUT2D eigenvalue weighted by atomic mass is 16.5. The van der Waals surface area contributed by atoms with Gasteiger partial charge in [-0.3, -0.25) is 9.48 Å². The molecule has 0 saturated carbocycles. The first-order valence-corrected chi connectivity index (χ1v) is 11.3. The molecule has 3 aromatic rings. The molecule has 1 aromatic heterocycles. The van der Waals surface area contributed by atoms with Crippen molar-refractivity contribution in [2.24, 2.45) is 0 Å². The number of methoxy groups -OCH3 is 1. The summed E-state index contributed by atoms with van der Waals surface area (Å²) in [6.45, 7) is 5.67. The first-order valence-electron chi connectivity index (χ1n) is 11.3. The molecule has 0 amide bonds. The van der Waals surface area contributed by atoms with E-state index in [1.54, 1.807) is 7.11 Å². The zero-order valence-corrected chi connectivity index (χ0v) is 19.1. The molecule has 0 spiro atoms. The van der Waals surface area contributed by atoms with Gasteiger partial charge in [-0.15, -0.1) is 0 Å². The quantitative estimate of drug-likeness (QED) is 0.362. The molecular weight excluding hydrogens is 404 g/mol. The minimum atomic E-state index is -0.862. The molecule has 0 aliphatic heterocycles. The second kappa shape index (κ2) is 11.4. The van der Waals surface area contributed by atoms with E-state index in [0.717, 1.165) is 71.8 Å². The summed E-state index contributed by atoms with van der Waals surface area (Å²) in [4.78, 5) is 11.3. The van der Waals surface area contributed by atoms with Crippen molar-refractivity contribution >= 4 is 5.97 Å². The van der Waals surface area contributed by atoms with E-state index in [1.807, 2.05) is 53.2 Å². The van der Waals surface area contributed by atoms with Gasteiger partial charge in [0.2, 0.25) is 0 Å². The number of carbonyl (C=O) groups is 1. The topological polar surface area (TPSA) is 73.6 Å². The number of hydrogen-bond acceptors (Lipinski definition) is 4. The highest BCUT2D eigenvalue weighted by molar-refractivity contribution is 5.77. The fraction of sp³-hybridized carbons (Fsp3) is 0.385. The summed E-state index contributed by atoms with van der Waals surface area (Å²) in [5.41, 5.74) is 4.23. The second-order valence-corrected chi connectivity index (χ2v) is 7.79. The molecule has 0 fully saturated rings. The molecule has 0 unspecified atom stereocenters. The number of aliphatic carboxylic acids is 1. The molecule has 1 heterocycles. The molecule has 2 aromatic carbocycles. The summed E-state index contributed by atoms with van der Waals surface area (Å²) in [5, 5.41) is 14.2. The van der Waals surface area contributed by atoms with Crippen LogP contribution in [0.1, 0.15) is 45.1 Å². The molecule has 0 aliphatic rings. The van der Waals surface area contributed by atoms with Crippen LogP contribution in [0.2, 0.25) is 0 Å². The van der Waals surface area contributed by atoms with Crippen LogP contribution < -0.4 is 9.47 Å². The van der Waals surface area contributed by atoms with Crippen molar-refractivity contribution in [3.8, 4) is 34.0 Å². The minimum Gasteiger partial charge on any atom is -0.496 e. The van der Waals surface area contributed by atoms with E-state index >= 15 is 0 Å². The average molecular weight is 437 g/mol. The van der Waals surface area contributed by atoms with Gasteiger partial charge in [0.25, 0.3) is 0 Å². The molecular formula is C26H32N2O4. The lowest BCUT2D eigenvalue weighted by molar-refractivity contribution is -0.136. The van der Waals surface area contributed by atoms with E-state index in [0.29, 0.717) is 6.61 Å². The molecule has 0 aliphatic carbocycles. The first kappa shape index (κ1) is 23.4. The molecule has 3 rings (SSSR count). The van der Waals surface area contributed by atoms with Gasteiger partial charge in [-0.05, 0) is 48.7 Å². The zero-order chi connectivity index (χ0) is 22.9. The molecule has 0 bridgehead atoms. The van der Waals surface area contributed by atoms with Gasteiger partial charge in [-0.2, -0.15) is 5.10 Å². The normalized spacial score (nSPS) is 10.8. The maximum Gasteiger partial charge on any atom is 0.307 e. The van der Waals surface area contributed by atoms with Gasteiger partial charge in [-0.1, -0.05) is 44.9 Å². The van der Waals surface area contributed by atoms with Crippen LogP contribution in [0.3, 0.4) is 0 Å². The molecule has 0 saturated heterocycles. The predicted molar refractivity (Wildman–Crippen MR) is 126 cm³/mol. The monoisotopic (exact) mass is 436 g/mol. The Morgan fingerprint density at radius 2 is 1.78 bits per heavy atom. The van der Waals surface area contributed by atoms with Crippen molar-refractivity contribution in [2.75, 3.05) is 13.7 Å². The molecule has 0 radical (unpaired) electrons. The third-order valence-electron chi connectivity index (χ3n) is 5.32. The molecule has 6 heteroatoms. The summed E-state index contributed by atoms with van der Waals surface area (Å²) >= 11 is 0. The number of hydrogen-bond donors (Lipinski definition) is 1. The van der Waals surface area contributed by atoms with Crippen molar-refractivity contribution in [1.29, 1.82) is 0 Å². The Bertz CT molecular complexity index is 1040. The number of ether oxygens (including phenoxy) is 2. The Labute approximate surface area is 189 Å². The smallest absolute Gasteiger partial charge is 0.307 e. The summed E-state index contributed by atoms with van der Waals surface area (Å²) in [6.07, 6.45) is 4.00. The van der Waals surface area contributed by atoms with E-state index in [9.17, 15) is 9.90 Å². The number of benzene rings is 2. The first-order chi connectivity index (χ1) is 15.6. The number of carboxylic acid groups (broad SMARTS) is 1. The fourth-order valence-corrected chi connectivity index (χ4v) is 3.61. The maximum absolute atomic E-state index is 11.3. The van der Waals surface area contributed by atoms with Crippen molar-refractivity contribution in [3.63, 3.8) is 0 Å². The summed E-state index contributed by atoms with van der Waals surface area (Å²) < 4.78 is 13.7. The molecule has 1 N–H and O–H groups in total. The van der Waals surface area contributed by atoms with Crippen LogP contribution in [-0.2, 0) is 17.8 Å². The van der Waals surface area contributed by atoms with Crippen LogP contribution in [0, 0.1) is 0 Å². The summed E-state index contributed by atoms with van der Waals surface area (Å²) in [6, 6.07) is 15.5. The van der Waals surface area contributed by atoms with Gasteiger partial charge in [0, 0.05) is 17.7 Å². The third-order valence-corrected chi connectivity index (χ3v) is 5.32. The number of nitrogens with zero attached hydrogens (tertiary/aromatic N) is 2. The fourth-order valence-electron chi connectivity index (χ4n) is 3.61. The van der Waals surface area contributed by atoms with Crippen LogP contribution in [-0.4, -0.2) is 34.6 Å². The Kier molecular flexibility index (Phi) is 8.31. The summed E-state index contributed by atoms with van der Waals surface area (Å²) in [7, 11) is 1.67. The van der Waals surface area contributed by atoms with Crippen LogP contribution >= 0.6 is 0 Å². The van der Waals surface area contributed by atoms with Gasteiger partial charge < -0.3 is 14.6 Å². The highest BCUT2D eigenvalue weighted by Crippen LogP contribution is 2.36. The summed E-state index contributed by atoms with van der Waals surface area (Å²) in [5.74, 6) is 0.647. The molecule has 6 nitrogen and oxygen atoms in total. The molecule has 0 atom stereocenters. The maximum atomic E-state index is 11.3. The number of rotatable bonds is 12. The lowest BCUT2D eigenvalue weighted by Gasteiger charge is -2.11. The Morgan fingerprint density at radius 1 is 1.00 bits per heavy atom. The van der Waals surface area contributed by atoms with E-state index in [-0.39, 0.29) is 6.42 Å². The predicted octanol–water partition coefficient (Wildman–Crippen LogP) is 5.83. The largest absolute Gasteiger partial charge is 0.496 e. The van der Waals surface area contributed by atoms with Gasteiger partial charge >= 0.3 is 5.97 Å². The van der Waals surface area contributed by atoms with Crippen molar-refractivity contribution in [2.45, 2.75) is 52.5 Å². The van der Waals surface area contributed by atoms with Crippen LogP contribution in [0.4, 0.5) is 0 Å². The standard InChI is InChI=1S/C26H32N2O4/c1-4-6-14-28-23(20-10-8-9-11-24(20)31-3)18-22(27-28)21-16-19(17-26(29)30)12-13-25(21)32-15-7-5-2/h8-13,16,18H,4-7,14-15,17H2,1-3H3,(H,29,30). The van der Waals surface area contributed by atoms with Gasteiger partial charge in [0.05, 0.1) is 31.5 Å². The lowest BCUT2D eigenvalue weighted by Crippen LogP contribution is -2.04. The molecule has 170 valence electrons. The minimum absolute atomic E-state index is 0.0435.